The molecule has 2 aliphatic rings. The van der Waals surface area contributed by atoms with E-state index in [1.165, 1.54) is 4.90 Å². The Labute approximate surface area is 167 Å². The first-order valence-corrected chi connectivity index (χ1v) is 9.45. The molecule has 0 saturated carbocycles. The van der Waals surface area contributed by atoms with Gasteiger partial charge in [0.1, 0.15) is 18.4 Å². The highest BCUT2D eigenvalue weighted by molar-refractivity contribution is 6.04. The van der Waals surface area contributed by atoms with Crippen molar-refractivity contribution in [1.82, 2.24) is 10.2 Å². The van der Waals surface area contributed by atoms with Crippen LogP contribution in [0.1, 0.15) is 46.3 Å². The molecule has 2 aliphatic heterocycles. The number of carbonyl (C=O) groups excluding carboxylic acids is 3. The summed E-state index contributed by atoms with van der Waals surface area (Å²) in [6.45, 7) is 0.521. The van der Waals surface area contributed by atoms with E-state index in [4.69, 9.17) is 10.00 Å². The van der Waals surface area contributed by atoms with Gasteiger partial charge < -0.3 is 9.64 Å². The average molecular weight is 389 g/mol. The lowest BCUT2D eigenvalue weighted by molar-refractivity contribution is -0.132. The molecule has 0 aliphatic carbocycles. The summed E-state index contributed by atoms with van der Waals surface area (Å²) in [6, 6.07) is 13.8. The first-order valence-electron chi connectivity index (χ1n) is 9.45. The van der Waals surface area contributed by atoms with Crippen molar-refractivity contribution in [3.05, 3.63) is 64.7 Å². The van der Waals surface area contributed by atoms with E-state index < -0.39 is 11.9 Å². The summed E-state index contributed by atoms with van der Waals surface area (Å²) in [5.74, 6) is -0.382. The molecular weight excluding hydrogens is 370 g/mol. The van der Waals surface area contributed by atoms with E-state index in [0.717, 1.165) is 11.1 Å². The van der Waals surface area contributed by atoms with Gasteiger partial charge in [-0.15, -0.1) is 0 Å². The number of carbonyl (C=O) groups is 3. The van der Waals surface area contributed by atoms with Crippen molar-refractivity contribution in [3.8, 4) is 11.8 Å². The number of hydrogen-bond acceptors (Lipinski definition) is 5. The molecule has 0 aromatic heterocycles. The maximum absolute atomic E-state index is 12.9. The summed E-state index contributed by atoms with van der Waals surface area (Å²) >= 11 is 0. The van der Waals surface area contributed by atoms with E-state index in [1.54, 1.807) is 36.4 Å². The van der Waals surface area contributed by atoms with E-state index in [-0.39, 0.29) is 31.4 Å². The summed E-state index contributed by atoms with van der Waals surface area (Å²) < 4.78 is 5.94. The maximum atomic E-state index is 12.9. The number of ether oxygens (including phenoxy) is 1. The molecule has 0 radical (unpaired) electrons. The van der Waals surface area contributed by atoms with Gasteiger partial charge in [-0.05, 0) is 42.7 Å². The molecule has 1 unspecified atom stereocenters. The van der Waals surface area contributed by atoms with Gasteiger partial charge in [-0.2, -0.15) is 5.26 Å². The minimum absolute atomic E-state index is 0.230. The molecule has 7 heteroatoms. The second-order valence-electron chi connectivity index (χ2n) is 7.14. The normalized spacial score (nSPS) is 18.7. The van der Waals surface area contributed by atoms with Gasteiger partial charge >= 0.3 is 0 Å². The number of rotatable bonds is 4. The van der Waals surface area contributed by atoms with E-state index in [1.807, 2.05) is 6.07 Å². The zero-order chi connectivity index (χ0) is 20.4. The second-order valence-corrected chi connectivity index (χ2v) is 7.14. The molecule has 1 saturated heterocycles. The number of hydrogen-bond donors (Lipinski definition) is 1. The van der Waals surface area contributed by atoms with Crippen molar-refractivity contribution in [2.45, 2.75) is 38.5 Å². The van der Waals surface area contributed by atoms with Crippen LogP contribution < -0.4 is 10.1 Å². The van der Waals surface area contributed by atoms with Crippen LogP contribution in [0.15, 0.2) is 42.5 Å². The van der Waals surface area contributed by atoms with Crippen LogP contribution in [0.4, 0.5) is 0 Å². The van der Waals surface area contributed by atoms with Crippen molar-refractivity contribution in [2.75, 3.05) is 0 Å². The highest BCUT2D eigenvalue weighted by Gasteiger charge is 2.39. The quantitative estimate of drug-likeness (QED) is 0.809. The Bertz CT molecular complexity index is 1040. The fourth-order valence-corrected chi connectivity index (χ4v) is 3.77. The Hall–Kier alpha value is -3.66. The van der Waals surface area contributed by atoms with Crippen molar-refractivity contribution in [3.63, 3.8) is 0 Å². The molecule has 29 heavy (non-hydrogen) atoms. The van der Waals surface area contributed by atoms with Gasteiger partial charge in [0.15, 0.2) is 0 Å². The molecule has 1 atom stereocenters. The predicted molar refractivity (Wildman–Crippen MR) is 103 cm³/mol. The van der Waals surface area contributed by atoms with Gasteiger partial charge in [-0.25, -0.2) is 0 Å². The Morgan fingerprint density at radius 2 is 2.00 bits per heavy atom. The lowest BCUT2D eigenvalue weighted by Gasteiger charge is -2.24. The van der Waals surface area contributed by atoms with Crippen molar-refractivity contribution >= 4 is 17.7 Å². The van der Waals surface area contributed by atoms with Gasteiger partial charge in [0.25, 0.3) is 5.91 Å². The highest BCUT2D eigenvalue weighted by Crippen LogP contribution is 2.33. The molecule has 3 amide bonds. The molecule has 4 rings (SSSR count). The molecule has 7 nitrogen and oxygen atoms in total. The fraction of sp³-hybridized carbons (Fsp3) is 0.273. The third-order valence-electron chi connectivity index (χ3n) is 5.23. The van der Waals surface area contributed by atoms with Crippen LogP contribution in [0.3, 0.4) is 0 Å². The monoisotopic (exact) mass is 389 g/mol. The Morgan fingerprint density at radius 1 is 1.17 bits per heavy atom. The largest absolute Gasteiger partial charge is 0.489 e. The van der Waals surface area contributed by atoms with Crippen molar-refractivity contribution in [1.29, 1.82) is 5.26 Å². The van der Waals surface area contributed by atoms with Crippen LogP contribution in [0, 0.1) is 11.3 Å². The molecule has 0 bridgehead atoms. The Balaban J connectivity index is 1.54. The van der Waals surface area contributed by atoms with E-state index in [2.05, 4.69) is 11.4 Å². The second kappa shape index (κ2) is 7.76. The number of benzene rings is 2. The van der Waals surface area contributed by atoms with E-state index in [0.29, 0.717) is 29.7 Å². The molecule has 2 aromatic carbocycles. The Kier molecular flexibility index (Phi) is 5.00. The third-order valence-corrected chi connectivity index (χ3v) is 5.23. The molecule has 2 aromatic rings. The molecule has 146 valence electrons. The molecule has 0 spiro atoms. The van der Waals surface area contributed by atoms with Crippen LogP contribution in [-0.4, -0.2) is 28.7 Å². The minimum Gasteiger partial charge on any atom is -0.489 e. The van der Waals surface area contributed by atoms with Gasteiger partial charge in [-0.1, -0.05) is 18.2 Å². The number of amides is 3. The summed E-state index contributed by atoms with van der Waals surface area (Å²) in [5.41, 5.74) is 2.65. The van der Waals surface area contributed by atoms with Crippen LogP contribution in [0.25, 0.3) is 0 Å². The third kappa shape index (κ3) is 3.69. The zero-order valence-electron chi connectivity index (χ0n) is 15.7. The molecular formula is C22H19N3O4. The lowest BCUT2D eigenvalue weighted by atomic mass is 10.1. The fourth-order valence-electron chi connectivity index (χ4n) is 3.77. The molecule has 1 fully saturated rings. The lowest BCUT2D eigenvalue weighted by Crippen LogP contribution is -2.46. The van der Waals surface area contributed by atoms with E-state index in [9.17, 15) is 14.4 Å². The zero-order valence-corrected chi connectivity index (χ0v) is 15.7. The van der Waals surface area contributed by atoms with Crippen LogP contribution >= 0.6 is 0 Å². The summed E-state index contributed by atoms with van der Waals surface area (Å²) in [5, 5.41) is 11.4. The average Bonchev–Trinajstić information content (AvgIpc) is 2.96. The van der Waals surface area contributed by atoms with E-state index >= 15 is 0 Å². The SMILES string of the molecule is N#Cc1cccc(COc2cccc3c2CN(C2CCCC(=O)NC2=O)C3=O)c1. The number of imide groups is 1. The number of fused-ring (bicyclic) bond motifs is 1. The van der Waals surface area contributed by atoms with Crippen molar-refractivity contribution in [2.24, 2.45) is 0 Å². The van der Waals surface area contributed by atoms with Gasteiger partial charge in [0.05, 0.1) is 18.2 Å². The minimum atomic E-state index is -0.665. The first-order chi connectivity index (χ1) is 14.1. The number of nitrogens with zero attached hydrogens (tertiary/aromatic N) is 2. The number of nitriles is 1. The van der Waals surface area contributed by atoms with Gasteiger partial charge in [-0.3, -0.25) is 19.7 Å². The van der Waals surface area contributed by atoms with Crippen LogP contribution in [0.5, 0.6) is 5.75 Å². The maximum Gasteiger partial charge on any atom is 0.255 e. The Morgan fingerprint density at radius 3 is 2.83 bits per heavy atom. The summed E-state index contributed by atoms with van der Waals surface area (Å²) in [4.78, 5) is 38.4. The predicted octanol–water partition coefficient (Wildman–Crippen LogP) is 2.29. The molecule has 1 N–H and O–H groups in total. The first kappa shape index (κ1) is 18.7. The number of nitrogens with one attached hydrogen (secondary N) is 1. The van der Waals surface area contributed by atoms with Crippen LogP contribution in [-0.2, 0) is 22.7 Å². The van der Waals surface area contributed by atoms with Gasteiger partial charge in [0, 0.05) is 17.5 Å². The van der Waals surface area contributed by atoms with Crippen LogP contribution in [0.2, 0.25) is 0 Å². The summed E-state index contributed by atoms with van der Waals surface area (Å²) in [6.07, 6.45) is 1.29. The van der Waals surface area contributed by atoms with Crippen molar-refractivity contribution < 1.29 is 19.1 Å². The highest BCUT2D eigenvalue weighted by atomic mass is 16.5. The molecule has 2 heterocycles. The smallest absolute Gasteiger partial charge is 0.255 e. The standard InChI is InChI=1S/C22H19N3O4/c23-11-14-4-1-5-15(10-14)13-29-19-8-2-6-16-17(19)12-25(22(16)28)18-7-3-9-20(26)24-21(18)27/h1-2,4-6,8,10,18H,3,7,9,12-13H2,(H,24,26,27). The summed E-state index contributed by atoms with van der Waals surface area (Å²) in [7, 11) is 0. The van der Waals surface area contributed by atoms with Gasteiger partial charge in [0.2, 0.25) is 11.8 Å². The topological polar surface area (TPSA) is 99.5 Å².